The van der Waals surface area contributed by atoms with Crippen LogP contribution in [-0.4, -0.2) is 28.6 Å². The van der Waals surface area contributed by atoms with Crippen LogP contribution in [0.15, 0.2) is 72.8 Å². The van der Waals surface area contributed by atoms with Gasteiger partial charge in [0.25, 0.3) is 5.91 Å². The monoisotopic (exact) mass is 503 g/mol. The van der Waals surface area contributed by atoms with Gasteiger partial charge in [-0.2, -0.15) is 0 Å². The Morgan fingerprint density at radius 2 is 1.81 bits per heavy atom. The van der Waals surface area contributed by atoms with Crippen LogP contribution >= 0.6 is 11.6 Å². The lowest BCUT2D eigenvalue weighted by Crippen LogP contribution is -2.24. The van der Waals surface area contributed by atoms with E-state index in [9.17, 15) is 4.79 Å². The van der Waals surface area contributed by atoms with E-state index in [2.05, 4.69) is 47.1 Å². The van der Waals surface area contributed by atoms with Crippen LogP contribution < -0.4 is 10.1 Å². The number of halogens is 1. The van der Waals surface area contributed by atoms with Gasteiger partial charge in [-0.1, -0.05) is 48.4 Å². The molecule has 0 atom stereocenters. The Labute approximate surface area is 218 Å². The molecule has 4 rings (SSSR count). The maximum atomic E-state index is 12.2. The van der Waals surface area contributed by atoms with Crippen molar-refractivity contribution in [3.8, 4) is 5.75 Å². The molecule has 0 spiro atoms. The average Bonchev–Trinajstić information content (AvgIpc) is 3.23. The molecule has 1 heterocycles. The van der Waals surface area contributed by atoms with Gasteiger partial charge in [0.2, 0.25) is 0 Å². The van der Waals surface area contributed by atoms with Gasteiger partial charge in [-0.25, -0.2) is 4.98 Å². The lowest BCUT2D eigenvalue weighted by Gasteiger charge is -2.11. The summed E-state index contributed by atoms with van der Waals surface area (Å²) in [7, 11) is 0. The van der Waals surface area contributed by atoms with E-state index in [0.29, 0.717) is 23.7 Å². The number of amides is 1. The van der Waals surface area contributed by atoms with Crippen molar-refractivity contribution in [3.05, 3.63) is 94.8 Å². The molecule has 188 valence electrons. The molecule has 0 aliphatic heterocycles. The van der Waals surface area contributed by atoms with Gasteiger partial charge in [0.15, 0.2) is 0 Å². The van der Waals surface area contributed by atoms with E-state index in [0.717, 1.165) is 62.2 Å². The van der Waals surface area contributed by atoms with Gasteiger partial charge in [0.05, 0.1) is 17.6 Å². The molecular weight excluding hydrogens is 470 g/mol. The number of nitrogens with one attached hydrogen (secondary N) is 1. The minimum absolute atomic E-state index is 0.0781. The van der Waals surface area contributed by atoms with E-state index in [4.69, 9.17) is 21.3 Å². The van der Waals surface area contributed by atoms with E-state index in [-0.39, 0.29) is 5.91 Å². The standard InChI is InChI=1S/C30H34ClN3O2/c1-23-11-9-14-26(21-23)36-20-8-7-19-34-28-16-5-4-15-27(28)33-29(34)17-3-2-6-18-32-30(35)24-12-10-13-25(31)22-24/h4-5,9-16,21-22H,2-3,6-8,17-20H2,1H3,(H,32,35). The molecule has 0 aliphatic carbocycles. The normalized spacial score (nSPS) is 11.1. The van der Waals surface area contributed by atoms with Crippen molar-refractivity contribution in [3.63, 3.8) is 0 Å². The molecule has 1 N–H and O–H groups in total. The second kappa shape index (κ2) is 13.1. The number of nitrogens with zero attached hydrogens (tertiary/aromatic N) is 2. The third-order valence-electron chi connectivity index (χ3n) is 6.22. The van der Waals surface area contributed by atoms with Crippen molar-refractivity contribution in [2.75, 3.05) is 13.2 Å². The molecule has 1 amide bonds. The average molecular weight is 504 g/mol. The summed E-state index contributed by atoms with van der Waals surface area (Å²) < 4.78 is 8.28. The molecule has 36 heavy (non-hydrogen) atoms. The van der Waals surface area contributed by atoms with Crippen LogP contribution in [-0.2, 0) is 13.0 Å². The first-order chi connectivity index (χ1) is 17.6. The van der Waals surface area contributed by atoms with Crippen molar-refractivity contribution < 1.29 is 9.53 Å². The molecule has 3 aromatic carbocycles. The van der Waals surface area contributed by atoms with Crippen LogP contribution in [0, 0.1) is 6.92 Å². The zero-order valence-electron chi connectivity index (χ0n) is 20.9. The number of benzene rings is 3. The molecule has 0 fully saturated rings. The van der Waals surface area contributed by atoms with Gasteiger partial charge < -0.3 is 14.6 Å². The van der Waals surface area contributed by atoms with Crippen LogP contribution in [0.5, 0.6) is 5.75 Å². The minimum atomic E-state index is -0.0781. The Morgan fingerprint density at radius 3 is 2.67 bits per heavy atom. The van der Waals surface area contributed by atoms with Crippen LogP contribution in [0.3, 0.4) is 0 Å². The van der Waals surface area contributed by atoms with E-state index < -0.39 is 0 Å². The summed E-state index contributed by atoms with van der Waals surface area (Å²) in [4.78, 5) is 17.2. The summed E-state index contributed by atoms with van der Waals surface area (Å²) in [5.74, 6) is 2.00. The number of aryl methyl sites for hydroxylation is 3. The highest BCUT2D eigenvalue weighted by molar-refractivity contribution is 6.30. The van der Waals surface area contributed by atoms with E-state index >= 15 is 0 Å². The third-order valence-corrected chi connectivity index (χ3v) is 6.45. The Hall–Kier alpha value is -3.31. The van der Waals surface area contributed by atoms with Crippen molar-refractivity contribution in [2.24, 2.45) is 0 Å². The van der Waals surface area contributed by atoms with Gasteiger partial charge in [0, 0.05) is 30.1 Å². The topological polar surface area (TPSA) is 56.1 Å². The Balaban J connectivity index is 1.22. The smallest absolute Gasteiger partial charge is 0.251 e. The molecule has 6 heteroatoms. The number of aromatic nitrogens is 2. The molecule has 0 bridgehead atoms. The van der Waals surface area contributed by atoms with Crippen LogP contribution in [0.2, 0.25) is 5.02 Å². The van der Waals surface area contributed by atoms with Crippen molar-refractivity contribution in [1.82, 2.24) is 14.9 Å². The number of ether oxygens (including phenoxy) is 1. The summed E-state index contributed by atoms with van der Waals surface area (Å²) in [6.07, 6.45) is 5.96. The number of unbranched alkanes of at least 4 members (excludes halogenated alkanes) is 3. The molecule has 0 aliphatic rings. The zero-order chi connectivity index (χ0) is 25.2. The van der Waals surface area contributed by atoms with E-state index in [1.54, 1.807) is 24.3 Å². The first kappa shape index (κ1) is 25.8. The van der Waals surface area contributed by atoms with Gasteiger partial charge >= 0.3 is 0 Å². The molecule has 5 nitrogen and oxygen atoms in total. The third kappa shape index (κ3) is 7.34. The van der Waals surface area contributed by atoms with E-state index in [1.165, 1.54) is 11.1 Å². The lowest BCUT2D eigenvalue weighted by atomic mass is 10.1. The maximum Gasteiger partial charge on any atom is 0.251 e. The predicted molar refractivity (Wildman–Crippen MR) is 147 cm³/mol. The Bertz CT molecular complexity index is 1280. The van der Waals surface area contributed by atoms with Crippen LogP contribution in [0.25, 0.3) is 11.0 Å². The number of hydrogen-bond donors (Lipinski definition) is 1. The molecule has 0 saturated heterocycles. The number of carbonyl (C=O) groups excluding carboxylic acids is 1. The highest BCUT2D eigenvalue weighted by Crippen LogP contribution is 2.19. The maximum absolute atomic E-state index is 12.2. The number of carbonyl (C=O) groups is 1. The summed E-state index contributed by atoms with van der Waals surface area (Å²) in [6.45, 7) is 4.38. The summed E-state index contributed by atoms with van der Waals surface area (Å²) in [5.41, 5.74) is 4.06. The fraction of sp³-hybridized carbons (Fsp3) is 0.333. The van der Waals surface area contributed by atoms with Crippen LogP contribution in [0.4, 0.5) is 0 Å². The number of imidazole rings is 1. The summed E-state index contributed by atoms with van der Waals surface area (Å²) >= 11 is 5.98. The summed E-state index contributed by atoms with van der Waals surface area (Å²) in [6, 6.07) is 23.6. The fourth-order valence-corrected chi connectivity index (χ4v) is 4.54. The van der Waals surface area contributed by atoms with Gasteiger partial charge in [0.1, 0.15) is 11.6 Å². The van der Waals surface area contributed by atoms with Crippen LogP contribution in [0.1, 0.15) is 53.8 Å². The number of rotatable bonds is 13. The SMILES string of the molecule is Cc1cccc(OCCCCn2c(CCCCCNC(=O)c3cccc(Cl)c3)nc3ccccc32)c1. The highest BCUT2D eigenvalue weighted by atomic mass is 35.5. The van der Waals surface area contributed by atoms with Gasteiger partial charge in [-0.05, 0) is 80.6 Å². The highest BCUT2D eigenvalue weighted by Gasteiger charge is 2.10. The Kier molecular flexibility index (Phi) is 9.40. The second-order valence-corrected chi connectivity index (χ2v) is 9.55. The van der Waals surface area contributed by atoms with E-state index in [1.807, 2.05) is 18.2 Å². The largest absolute Gasteiger partial charge is 0.494 e. The van der Waals surface area contributed by atoms with Crippen molar-refractivity contribution >= 4 is 28.5 Å². The summed E-state index contributed by atoms with van der Waals surface area (Å²) in [5, 5.41) is 3.56. The quantitative estimate of drug-likeness (QED) is 0.200. The Morgan fingerprint density at radius 1 is 0.944 bits per heavy atom. The zero-order valence-corrected chi connectivity index (χ0v) is 21.6. The fourth-order valence-electron chi connectivity index (χ4n) is 4.35. The molecule has 1 aromatic heterocycles. The molecule has 0 saturated carbocycles. The number of hydrogen-bond acceptors (Lipinski definition) is 3. The lowest BCUT2D eigenvalue weighted by molar-refractivity contribution is 0.0953. The number of fused-ring (bicyclic) bond motifs is 1. The van der Waals surface area contributed by atoms with Gasteiger partial charge in [-0.15, -0.1) is 0 Å². The molecular formula is C30H34ClN3O2. The van der Waals surface area contributed by atoms with Gasteiger partial charge in [-0.3, -0.25) is 4.79 Å². The van der Waals surface area contributed by atoms with Crippen molar-refractivity contribution in [2.45, 2.75) is 52.0 Å². The first-order valence-electron chi connectivity index (χ1n) is 12.8. The van der Waals surface area contributed by atoms with Crippen molar-refractivity contribution in [1.29, 1.82) is 0 Å². The minimum Gasteiger partial charge on any atom is -0.494 e. The molecule has 0 radical (unpaired) electrons. The first-order valence-corrected chi connectivity index (χ1v) is 13.2. The predicted octanol–water partition coefficient (Wildman–Crippen LogP) is 7.00. The number of para-hydroxylation sites is 2. The second-order valence-electron chi connectivity index (χ2n) is 9.12. The molecule has 4 aromatic rings. The molecule has 0 unspecified atom stereocenters.